The predicted octanol–water partition coefficient (Wildman–Crippen LogP) is 6.95. The summed E-state index contributed by atoms with van der Waals surface area (Å²) in [5, 5.41) is 47.9. The number of aliphatic carboxylic acids is 1. The molecule has 1 unspecified atom stereocenters. The van der Waals surface area contributed by atoms with Crippen LogP contribution in [0.1, 0.15) is 100 Å². The number of hydrogen-bond donors (Lipinski definition) is 7. The van der Waals surface area contributed by atoms with Crippen molar-refractivity contribution in [3.8, 4) is 34.5 Å². The van der Waals surface area contributed by atoms with E-state index in [9.17, 15) is 42.9 Å². The van der Waals surface area contributed by atoms with E-state index in [0.717, 1.165) is 102 Å². The molecule has 6 aromatic rings. The topological polar surface area (TPSA) is 296 Å². The van der Waals surface area contributed by atoms with E-state index in [4.69, 9.17) is 39.3 Å². The van der Waals surface area contributed by atoms with Crippen molar-refractivity contribution in [2.45, 2.75) is 102 Å². The highest BCUT2D eigenvalue weighted by molar-refractivity contribution is 5.81. The van der Waals surface area contributed by atoms with Crippen LogP contribution >= 0.6 is 0 Å². The summed E-state index contributed by atoms with van der Waals surface area (Å²) in [5.41, 5.74) is 7.24. The van der Waals surface area contributed by atoms with Gasteiger partial charge in [-0.05, 0) is 187 Å². The molecule has 9 aliphatic heterocycles. The van der Waals surface area contributed by atoms with Crippen molar-refractivity contribution >= 4 is 35.2 Å². The summed E-state index contributed by atoms with van der Waals surface area (Å²) in [6.45, 7) is 13.3. The highest BCUT2D eigenvalue weighted by atomic mass is 19.1. The maximum atomic E-state index is 14.6. The van der Waals surface area contributed by atoms with E-state index in [1.54, 1.807) is 36.8 Å². The minimum absolute atomic E-state index is 0. The lowest BCUT2D eigenvalue weighted by atomic mass is 9.99. The molecule has 0 radical (unpaired) electrons. The van der Waals surface area contributed by atoms with Gasteiger partial charge in [-0.3, -0.25) is 14.4 Å². The van der Waals surface area contributed by atoms with Crippen molar-refractivity contribution in [1.82, 2.24) is 40.3 Å². The quantitative estimate of drug-likeness (QED) is 0.0407. The number of aliphatic hydroxyl groups excluding tert-OH is 3. The number of pyridine rings is 3. The average Bonchev–Trinajstić information content (AvgIpc) is 1.10. The molecule has 9 aliphatic rings. The molecular weight excluding hydrogens is 1350 g/mol. The zero-order valence-electron chi connectivity index (χ0n) is 58.0. The second kappa shape index (κ2) is 36.8. The number of aromatic nitrogens is 3. The molecule has 6 saturated heterocycles. The normalized spacial score (nSPS) is 21.5. The molecule has 9 atom stereocenters. The van der Waals surface area contributed by atoms with Gasteiger partial charge in [0.1, 0.15) is 69.3 Å². The maximum absolute atomic E-state index is 14.6. The summed E-state index contributed by atoms with van der Waals surface area (Å²) in [6.07, 6.45) is 11.0. The van der Waals surface area contributed by atoms with Gasteiger partial charge in [0, 0.05) is 83.5 Å². The summed E-state index contributed by atoms with van der Waals surface area (Å²) in [4.78, 5) is 63.1. The van der Waals surface area contributed by atoms with Gasteiger partial charge >= 0.3 is 5.97 Å². The van der Waals surface area contributed by atoms with Gasteiger partial charge in [0.25, 0.3) is 0 Å². The highest BCUT2D eigenvalue weighted by Gasteiger charge is 2.38. The van der Waals surface area contributed by atoms with Crippen molar-refractivity contribution < 1.29 is 76.4 Å². The van der Waals surface area contributed by atoms with Crippen molar-refractivity contribution in [3.63, 3.8) is 0 Å². The second-order valence-electron chi connectivity index (χ2n) is 27.5. The number of hydrogen-bond acceptors (Lipinski definition) is 22. The summed E-state index contributed by atoms with van der Waals surface area (Å²) in [7, 11) is 0. The molecule has 0 saturated carbocycles. The zero-order valence-corrected chi connectivity index (χ0v) is 58.0. The number of amides is 2. The number of carbonyl (C=O) groups is 3. The molecular formula is C76H99F3N12O13. The number of rotatable bonds is 20. The largest absolute Gasteiger partial charge is 0.486 e. The standard InChI is InChI=1S/2C25H31FN4O4.C15H21FN2O3.C10H12N2O2.CH4/c2*26-19-13-18(14-21-24(19)34-12-11-33-21)23(31)20(16-29-8-3-4-9-29)28-25(32)17-6-10-30(15-17)22-5-1-2-7-27-22;16-11-7-10(8-13-15(11)21-6-5-20-13)14(19)12(17)9-18-3-1-2-4-18;13-10(14)8-4-6-12(7-8)9-3-1-2-5-11-9;/h2*1-2,5,7,13-14,17,20,23,31H,3-4,6,8-12,15-16H2,(H,28,32);7-8,12,14,19H,1-6,9,17H2;1-3,5,8H,4,6-7H2,(H,13,14);1H4/t17-,20+,23+;17-,20-,23-;12-,14-;;/m011../s1. The van der Waals surface area contributed by atoms with E-state index >= 15 is 0 Å². The lowest BCUT2D eigenvalue weighted by molar-refractivity contribution is -0.141. The fourth-order valence-electron chi connectivity index (χ4n) is 14.7. The fourth-order valence-corrected chi connectivity index (χ4v) is 14.7. The van der Waals surface area contributed by atoms with E-state index in [0.29, 0.717) is 107 Å². The van der Waals surface area contributed by atoms with Crippen molar-refractivity contribution in [2.24, 2.45) is 23.5 Å². The van der Waals surface area contributed by atoms with E-state index in [2.05, 4.69) is 50.1 Å². The zero-order chi connectivity index (χ0) is 71.8. The van der Waals surface area contributed by atoms with Crippen LogP contribution < -0.4 is 59.5 Å². The van der Waals surface area contributed by atoms with Gasteiger partial charge in [0.15, 0.2) is 51.9 Å². The van der Waals surface area contributed by atoms with E-state index in [1.165, 1.54) is 31.0 Å². The maximum Gasteiger partial charge on any atom is 0.308 e. The smallest absolute Gasteiger partial charge is 0.308 e. The summed E-state index contributed by atoms with van der Waals surface area (Å²) >= 11 is 0. The number of carbonyl (C=O) groups excluding carboxylic acids is 2. The average molecular weight is 1450 g/mol. The Labute approximate surface area is 605 Å². The number of nitrogens with zero attached hydrogens (tertiary/aromatic N) is 9. The molecule has 104 heavy (non-hydrogen) atoms. The number of likely N-dealkylation sites (tertiary alicyclic amines) is 3. The first-order chi connectivity index (χ1) is 50.1. The molecule has 3 aromatic carbocycles. The number of fused-ring (bicyclic) bond motifs is 3. The molecule has 0 aliphatic carbocycles. The van der Waals surface area contributed by atoms with Crippen LogP contribution in [0.15, 0.2) is 110 Å². The molecule has 562 valence electrons. The Bertz CT molecular complexity index is 3600. The van der Waals surface area contributed by atoms with Crippen LogP contribution in [-0.4, -0.2) is 224 Å². The Morgan fingerprint density at radius 3 is 1.10 bits per heavy atom. The number of halogens is 3. The van der Waals surface area contributed by atoms with Crippen molar-refractivity contribution in [3.05, 3.63) is 144 Å². The van der Waals surface area contributed by atoms with Crippen molar-refractivity contribution in [2.75, 3.05) is 153 Å². The number of anilines is 3. The third kappa shape index (κ3) is 19.8. The molecule has 25 nitrogen and oxygen atoms in total. The van der Waals surface area contributed by atoms with Crippen LogP contribution in [0, 0.1) is 35.2 Å². The SMILES string of the molecule is C.N[C@H](CN1CCCC1)[C@H](O)c1cc(F)c2c(c1)OCCO2.O=C(N[C@H](CN1CCCC1)[C@H](O)c1cc(F)c2c(c1)OCCO2)[C@@H]1CCN(c2ccccn2)C1.O=C(N[C@H](CN1CCCC1)[C@H](O)c1cc(F)c2c(c1)OCCO2)[C@H]1CCN(c2ccccn2)C1.O=C(O)C1CCN(c2ccccn2)C1. The first-order valence-corrected chi connectivity index (χ1v) is 36.1. The number of benzene rings is 3. The Balaban J connectivity index is 0.000000145. The Morgan fingerprint density at radius 2 is 0.769 bits per heavy atom. The lowest BCUT2D eigenvalue weighted by Crippen LogP contribution is -2.48. The van der Waals surface area contributed by atoms with Crippen LogP contribution in [0.5, 0.6) is 34.5 Å². The predicted molar refractivity (Wildman–Crippen MR) is 384 cm³/mol. The van der Waals surface area contributed by atoms with Gasteiger partial charge in [0.05, 0.1) is 35.9 Å². The summed E-state index contributed by atoms with van der Waals surface area (Å²) < 4.78 is 75.7. The van der Waals surface area contributed by atoms with Gasteiger partial charge in [-0.2, -0.15) is 0 Å². The Hall–Kier alpha value is -8.77. The molecule has 0 bridgehead atoms. The highest BCUT2D eigenvalue weighted by Crippen LogP contribution is 2.40. The molecule has 15 rings (SSSR count). The van der Waals surface area contributed by atoms with E-state index in [1.807, 2.05) is 59.5 Å². The Morgan fingerprint density at radius 1 is 0.452 bits per heavy atom. The second-order valence-corrected chi connectivity index (χ2v) is 27.5. The van der Waals surface area contributed by atoms with E-state index in [-0.39, 0.29) is 79.0 Å². The van der Waals surface area contributed by atoms with Crippen LogP contribution in [0.2, 0.25) is 0 Å². The number of nitrogens with two attached hydrogens (primary N) is 1. The third-order valence-corrected chi connectivity index (χ3v) is 20.3. The van der Waals surface area contributed by atoms with Crippen LogP contribution in [0.4, 0.5) is 30.6 Å². The number of carboxylic acid groups (broad SMARTS) is 1. The molecule has 2 amide bonds. The van der Waals surface area contributed by atoms with E-state index < -0.39 is 59.9 Å². The number of nitrogens with one attached hydrogen (secondary N) is 2. The van der Waals surface area contributed by atoms with Gasteiger partial charge in [-0.1, -0.05) is 25.6 Å². The third-order valence-electron chi connectivity index (χ3n) is 20.3. The monoisotopic (exact) mass is 1440 g/mol. The molecule has 12 heterocycles. The molecule has 28 heteroatoms. The number of carboxylic acids is 1. The van der Waals surface area contributed by atoms with Crippen LogP contribution in [0.3, 0.4) is 0 Å². The Kier molecular flexibility index (Phi) is 27.0. The molecule has 3 aromatic heterocycles. The minimum Gasteiger partial charge on any atom is -0.486 e. The molecule has 8 N–H and O–H groups in total. The van der Waals surface area contributed by atoms with Crippen LogP contribution in [0.25, 0.3) is 0 Å². The first kappa shape index (κ1) is 76.4. The van der Waals surface area contributed by atoms with Gasteiger partial charge < -0.3 is 94.6 Å². The van der Waals surface area contributed by atoms with Gasteiger partial charge in [-0.25, -0.2) is 28.1 Å². The summed E-state index contributed by atoms with van der Waals surface area (Å²) in [6, 6.07) is 24.3. The van der Waals surface area contributed by atoms with Gasteiger partial charge in [0.2, 0.25) is 11.8 Å². The first-order valence-electron chi connectivity index (χ1n) is 36.1. The molecule has 0 spiro atoms. The fraction of sp³-hybridized carbons (Fsp3) is 0.526. The lowest BCUT2D eigenvalue weighted by Gasteiger charge is -2.30. The minimum atomic E-state index is -1.08. The van der Waals surface area contributed by atoms with Crippen molar-refractivity contribution in [1.29, 1.82) is 0 Å². The number of ether oxygens (including phenoxy) is 6. The van der Waals surface area contributed by atoms with Crippen LogP contribution in [-0.2, 0) is 14.4 Å². The van der Waals surface area contributed by atoms with Gasteiger partial charge in [-0.15, -0.1) is 0 Å². The number of aliphatic hydroxyl groups is 3. The molecule has 6 fully saturated rings. The summed E-state index contributed by atoms with van der Waals surface area (Å²) in [5.74, 6) is 0.557.